The molecule has 0 fully saturated rings. The highest BCUT2D eigenvalue weighted by Crippen LogP contribution is 2.31. The molecule has 0 amide bonds. The topological polar surface area (TPSA) is 26.0 Å². The summed E-state index contributed by atoms with van der Waals surface area (Å²) in [4.78, 5) is 0. The molecule has 0 heterocycles. The van der Waals surface area contributed by atoms with Crippen molar-refractivity contribution in [3.63, 3.8) is 0 Å². The first-order valence-corrected chi connectivity index (χ1v) is 5.51. The lowest BCUT2D eigenvalue weighted by molar-refractivity contribution is -0.127. The molecular weight excluding hydrogens is 227 g/mol. The van der Waals surface area contributed by atoms with Crippen molar-refractivity contribution in [1.82, 2.24) is 0 Å². The maximum atomic E-state index is 12.2. The number of benzene rings is 1. The summed E-state index contributed by atoms with van der Waals surface area (Å²) in [6.07, 6.45) is -5.05. The third-order valence-electron chi connectivity index (χ3n) is 2.68. The molecule has 1 aromatic rings. The van der Waals surface area contributed by atoms with Crippen LogP contribution in [-0.4, -0.2) is 6.18 Å². The summed E-state index contributed by atoms with van der Waals surface area (Å²) >= 11 is 0. The Morgan fingerprint density at radius 3 is 1.88 bits per heavy atom. The Morgan fingerprint density at radius 2 is 1.53 bits per heavy atom. The number of rotatable bonds is 2. The van der Waals surface area contributed by atoms with E-state index in [1.54, 1.807) is 12.1 Å². The summed E-state index contributed by atoms with van der Waals surface area (Å²) < 4.78 is 36.5. The van der Waals surface area contributed by atoms with Gasteiger partial charge in [-0.3, -0.25) is 0 Å². The summed E-state index contributed by atoms with van der Waals surface area (Å²) in [5.74, 6) is 0. The normalized spacial score (nSPS) is 14.8. The molecule has 96 valence electrons. The Morgan fingerprint density at radius 1 is 1.06 bits per heavy atom. The van der Waals surface area contributed by atoms with Crippen LogP contribution in [0.3, 0.4) is 0 Å². The van der Waals surface area contributed by atoms with Gasteiger partial charge in [-0.05, 0) is 16.5 Å². The molecule has 0 aliphatic carbocycles. The Hall–Kier alpha value is -1.03. The first-order chi connectivity index (χ1) is 7.59. The van der Waals surface area contributed by atoms with Gasteiger partial charge in [-0.2, -0.15) is 13.2 Å². The maximum absolute atomic E-state index is 12.2. The van der Waals surface area contributed by atoms with Crippen LogP contribution in [0.5, 0.6) is 0 Å². The van der Waals surface area contributed by atoms with Crippen LogP contribution < -0.4 is 5.73 Å². The largest absolute Gasteiger partial charge is 0.393 e. The van der Waals surface area contributed by atoms with Gasteiger partial charge in [0.25, 0.3) is 0 Å². The Labute approximate surface area is 99.8 Å². The van der Waals surface area contributed by atoms with Gasteiger partial charge in [0.15, 0.2) is 0 Å². The lowest BCUT2D eigenvalue weighted by Crippen LogP contribution is -2.26. The summed E-state index contributed by atoms with van der Waals surface area (Å²) in [5, 5.41) is 0. The van der Waals surface area contributed by atoms with E-state index >= 15 is 0 Å². The smallest absolute Gasteiger partial charge is 0.324 e. The molecule has 0 spiro atoms. The molecule has 17 heavy (non-hydrogen) atoms. The van der Waals surface area contributed by atoms with E-state index in [9.17, 15) is 13.2 Å². The van der Waals surface area contributed by atoms with E-state index in [4.69, 9.17) is 5.73 Å². The van der Waals surface area contributed by atoms with Gasteiger partial charge in [0.05, 0.1) is 6.42 Å². The molecule has 0 saturated carbocycles. The SMILES string of the molecule is CC(C)(C)[C@@H](N)c1ccc(CC(F)(F)F)cc1. The van der Waals surface area contributed by atoms with Crippen LogP contribution in [0.1, 0.15) is 37.9 Å². The molecule has 1 atom stereocenters. The van der Waals surface area contributed by atoms with Crippen LogP contribution >= 0.6 is 0 Å². The van der Waals surface area contributed by atoms with Crippen molar-refractivity contribution in [2.75, 3.05) is 0 Å². The monoisotopic (exact) mass is 245 g/mol. The molecule has 4 heteroatoms. The van der Waals surface area contributed by atoms with E-state index in [1.807, 2.05) is 20.8 Å². The Kier molecular flexibility index (Phi) is 3.87. The minimum Gasteiger partial charge on any atom is -0.324 e. The second-order valence-corrected chi connectivity index (χ2v) is 5.38. The minimum absolute atomic E-state index is 0.106. The summed E-state index contributed by atoms with van der Waals surface area (Å²) in [7, 11) is 0. The predicted octanol–water partition coefficient (Wildman–Crippen LogP) is 3.84. The third-order valence-corrected chi connectivity index (χ3v) is 2.68. The molecule has 0 aromatic heterocycles. The maximum Gasteiger partial charge on any atom is 0.393 e. The first-order valence-electron chi connectivity index (χ1n) is 5.51. The van der Waals surface area contributed by atoms with Crippen LogP contribution in [0.15, 0.2) is 24.3 Å². The van der Waals surface area contributed by atoms with Gasteiger partial charge in [0.1, 0.15) is 0 Å². The zero-order valence-electron chi connectivity index (χ0n) is 10.3. The van der Waals surface area contributed by atoms with Crippen LogP contribution in [0, 0.1) is 5.41 Å². The van der Waals surface area contributed by atoms with Crippen LogP contribution in [-0.2, 0) is 6.42 Å². The number of alkyl halides is 3. The van der Waals surface area contributed by atoms with Crippen molar-refractivity contribution >= 4 is 0 Å². The zero-order valence-corrected chi connectivity index (χ0v) is 10.3. The molecule has 0 unspecified atom stereocenters. The van der Waals surface area contributed by atoms with Crippen molar-refractivity contribution in [3.05, 3.63) is 35.4 Å². The molecule has 0 aliphatic heterocycles. The highest BCUT2D eigenvalue weighted by molar-refractivity contribution is 5.26. The van der Waals surface area contributed by atoms with Crippen molar-refractivity contribution < 1.29 is 13.2 Å². The average molecular weight is 245 g/mol. The minimum atomic E-state index is -4.16. The van der Waals surface area contributed by atoms with Crippen molar-refractivity contribution in [3.8, 4) is 0 Å². The van der Waals surface area contributed by atoms with Crippen molar-refractivity contribution in [2.24, 2.45) is 11.1 Å². The fraction of sp³-hybridized carbons (Fsp3) is 0.538. The van der Waals surface area contributed by atoms with E-state index in [0.717, 1.165) is 5.56 Å². The number of nitrogens with two attached hydrogens (primary N) is 1. The molecule has 0 aliphatic rings. The van der Waals surface area contributed by atoms with E-state index in [-0.39, 0.29) is 17.0 Å². The fourth-order valence-electron chi connectivity index (χ4n) is 1.57. The lowest BCUT2D eigenvalue weighted by Gasteiger charge is -2.27. The quantitative estimate of drug-likeness (QED) is 0.841. The summed E-state index contributed by atoms with van der Waals surface area (Å²) in [6, 6.07) is 6.17. The van der Waals surface area contributed by atoms with Crippen LogP contribution in [0.25, 0.3) is 0 Å². The standard InChI is InChI=1S/C13H18F3N/c1-12(2,3)11(17)10-6-4-9(5-7-10)8-13(14,15)16/h4-7,11H,8,17H2,1-3H3/t11-/m0/s1. The molecule has 0 saturated heterocycles. The summed E-state index contributed by atoms with van der Waals surface area (Å²) in [6.45, 7) is 6.00. The van der Waals surface area contributed by atoms with Gasteiger partial charge in [0.2, 0.25) is 0 Å². The zero-order chi connectivity index (χ0) is 13.3. The second kappa shape index (κ2) is 4.69. The van der Waals surface area contributed by atoms with E-state index in [2.05, 4.69) is 0 Å². The highest BCUT2D eigenvalue weighted by Gasteiger charge is 2.28. The molecular formula is C13H18F3N. The number of hydrogen-bond donors (Lipinski definition) is 1. The molecule has 1 nitrogen and oxygen atoms in total. The lowest BCUT2D eigenvalue weighted by atomic mass is 9.83. The second-order valence-electron chi connectivity index (χ2n) is 5.38. The van der Waals surface area contributed by atoms with Gasteiger partial charge in [0, 0.05) is 6.04 Å². The Bertz CT molecular complexity index is 360. The molecule has 1 rings (SSSR count). The third kappa shape index (κ3) is 4.38. The van der Waals surface area contributed by atoms with Gasteiger partial charge in [-0.15, -0.1) is 0 Å². The van der Waals surface area contributed by atoms with Crippen LogP contribution in [0.4, 0.5) is 13.2 Å². The van der Waals surface area contributed by atoms with Gasteiger partial charge in [-0.25, -0.2) is 0 Å². The molecule has 2 N–H and O–H groups in total. The van der Waals surface area contributed by atoms with E-state index in [1.165, 1.54) is 12.1 Å². The van der Waals surface area contributed by atoms with E-state index < -0.39 is 12.6 Å². The molecule has 0 bridgehead atoms. The first kappa shape index (κ1) is 14.0. The van der Waals surface area contributed by atoms with Crippen molar-refractivity contribution in [1.29, 1.82) is 0 Å². The number of halogens is 3. The van der Waals surface area contributed by atoms with E-state index in [0.29, 0.717) is 0 Å². The van der Waals surface area contributed by atoms with Gasteiger partial charge in [-0.1, -0.05) is 45.0 Å². The number of hydrogen-bond acceptors (Lipinski definition) is 1. The van der Waals surface area contributed by atoms with Crippen LogP contribution in [0.2, 0.25) is 0 Å². The molecule has 1 aromatic carbocycles. The van der Waals surface area contributed by atoms with Gasteiger partial charge >= 0.3 is 6.18 Å². The average Bonchev–Trinajstić information content (AvgIpc) is 2.14. The fourth-order valence-corrected chi connectivity index (χ4v) is 1.57. The van der Waals surface area contributed by atoms with Gasteiger partial charge < -0.3 is 5.73 Å². The predicted molar refractivity (Wildman–Crippen MR) is 62.6 cm³/mol. The highest BCUT2D eigenvalue weighted by atomic mass is 19.4. The Balaban J connectivity index is 2.82. The van der Waals surface area contributed by atoms with Crippen molar-refractivity contribution in [2.45, 2.75) is 39.4 Å². The molecule has 0 radical (unpaired) electrons. The summed E-state index contributed by atoms with van der Waals surface area (Å²) in [5.41, 5.74) is 7.05.